The van der Waals surface area contributed by atoms with Crippen LogP contribution in [-0.4, -0.2) is 176 Å². The normalized spacial score (nSPS) is 33.5. The third kappa shape index (κ3) is 16.1. The minimum atomic E-state index is -1.61. The molecule has 0 radical (unpaired) electrons. The van der Waals surface area contributed by atoms with E-state index < -0.39 is 197 Å². The number of halogens is 10. The molecule has 39 heteroatoms. The highest BCUT2D eigenvalue weighted by atomic mass is 35.5. The molecule has 100 heavy (non-hydrogen) atoms. The van der Waals surface area contributed by atoms with Crippen molar-refractivity contribution in [2.45, 2.75) is 179 Å². The monoisotopic (exact) mass is 1530 g/mol. The van der Waals surface area contributed by atoms with Gasteiger partial charge in [0.1, 0.15) is 22.6 Å². The fraction of sp³-hybridized carbons (Fsp3) is 0.672. The largest absolute Gasteiger partial charge is 0.393 e. The Hall–Kier alpha value is -5.86. The first-order chi connectivity index (χ1) is 46.9. The summed E-state index contributed by atoms with van der Waals surface area (Å²) >= 11 is 29.2. The molecule has 0 aromatic carbocycles. The van der Waals surface area contributed by atoms with Crippen LogP contribution in [0.3, 0.4) is 0 Å². The molecule has 0 saturated carbocycles. The third-order valence-electron chi connectivity index (χ3n) is 19.7. The van der Waals surface area contributed by atoms with E-state index >= 15 is 0 Å². The summed E-state index contributed by atoms with van der Waals surface area (Å²) in [6.45, 7) is 14.6. The van der Waals surface area contributed by atoms with Gasteiger partial charge in [-0.3, -0.25) is 61.9 Å². The van der Waals surface area contributed by atoms with Crippen LogP contribution in [-0.2, 0) is 30.3 Å². The SMILES string of the molecule is CC[C@@]1(CCl)O[C@@H](n2cc(C)c(=O)[nH]c2=O)[C@H](F)[C@@H]1C.CC[C@@]1(CCl)O[C@@H](n2cc(C)c(N)nc2=O)[C@H](F)[C@@H]1C.C[C@H]1[C@@H](F)[C@H](n2cc(CO)c(=O)[nH]c2=O)O[C@@]1(CO)CCl.C[C@H]1[C@@H](F)[C@H](n2ccc(=O)[nH]c2=O)O[C@@]1(CO)CCl.Cc1cn([C@@H]2O[C@@](CO)(CCl)[C@@H](C)[C@H]2F)c(=O)[nH]c1=O. The topological polar surface area (TPSA) is 407 Å². The Bertz CT molecular complexity index is 4090. The van der Waals surface area contributed by atoms with E-state index in [-0.39, 0.29) is 46.3 Å². The summed E-state index contributed by atoms with van der Waals surface area (Å²) in [5.41, 5.74) is -4.67. The predicted molar refractivity (Wildman–Crippen MR) is 358 cm³/mol. The van der Waals surface area contributed by atoms with Crippen molar-refractivity contribution in [3.63, 3.8) is 0 Å². The number of nitrogens with two attached hydrogens (primary N) is 1. The molecule has 5 saturated heterocycles. The number of nitrogens with zero attached hydrogens (tertiary/aromatic N) is 6. The van der Waals surface area contributed by atoms with Crippen molar-refractivity contribution in [1.82, 2.24) is 47.8 Å². The first-order valence-electron chi connectivity index (χ1n) is 31.4. The van der Waals surface area contributed by atoms with Crippen LogP contribution in [0, 0.1) is 50.4 Å². The number of rotatable bonds is 16. The van der Waals surface area contributed by atoms with Crippen LogP contribution in [0.2, 0.25) is 0 Å². The smallest absolute Gasteiger partial charge is 0.351 e. The van der Waals surface area contributed by atoms with Gasteiger partial charge >= 0.3 is 28.4 Å². The predicted octanol–water partition coefficient (Wildman–Crippen LogP) is 3.59. The van der Waals surface area contributed by atoms with Crippen molar-refractivity contribution in [2.24, 2.45) is 29.6 Å². The Balaban J connectivity index is 0.000000197. The average Bonchev–Trinajstić information content (AvgIpc) is 1.69. The van der Waals surface area contributed by atoms with Crippen LogP contribution in [0.15, 0.2) is 80.2 Å². The standard InChI is InChI=1S/C13H19ClFN3O2.C13H18ClFN2O3.C12H16ClFN2O5.C12H16ClFN2O4.C11H14ClFN2O4/c1-4-13(6-14)8(3)9(15)11(20-13)18-5-7(2)10(16)17-12(18)19;1-4-13(6-14)8(3)9(15)11(20-13)17-5-7(2)10(18)16-12(17)19;1-6-8(14)10(21-12(6,4-13)5-18)16-2-7(3-17)9(19)15-11(16)20;1-6-3-16(11(19)15-9(6)18)10-8(14)7(2)12(4-13,5-17)20-10;1-6-8(13)9(19-11(6,4-12)5-16)15-3-2-7(17)14-10(15)18/h5,8-9,11H,4,6H2,1-3H3,(H2,16,17,19);5,8-9,11H,4,6H2,1-3H3,(H,16,18,19);2,6,8,10,17-18H,3-5H2,1H3,(H,15,19,20);3,7-8,10,17H,4-5H2,1-2H3,(H,15,18,19);2-3,6,8-9,16H,4-5H2,1H3,(H,14,17,18)/t2*8-,9+,11+,13-;6-,8+,10+,12+;7-,8+,10+,12+;6-,8+,9+,11+/m00000/s1. The molecular weight excluding hydrogens is 1450 g/mol. The van der Waals surface area contributed by atoms with Gasteiger partial charge in [0.15, 0.2) is 62.0 Å². The summed E-state index contributed by atoms with van der Waals surface area (Å²) in [6.07, 6.45) is -5.81. The number of aliphatic hydroxyl groups is 4. The van der Waals surface area contributed by atoms with Crippen LogP contribution >= 0.6 is 58.0 Å². The molecule has 10 N–H and O–H groups in total. The number of aryl methyl sites for hydroxylation is 3. The first-order valence-corrected chi connectivity index (χ1v) is 34.1. The molecule has 0 unspecified atom stereocenters. The molecule has 5 fully saturated rings. The van der Waals surface area contributed by atoms with Gasteiger partial charge in [-0.25, -0.2) is 45.9 Å². The van der Waals surface area contributed by atoms with Gasteiger partial charge in [-0.2, -0.15) is 4.98 Å². The molecule has 5 aliphatic rings. The van der Waals surface area contributed by atoms with E-state index in [1.165, 1.54) is 32.4 Å². The lowest BCUT2D eigenvalue weighted by Gasteiger charge is -2.29. The molecule has 5 aromatic rings. The van der Waals surface area contributed by atoms with Gasteiger partial charge in [0.05, 0.1) is 72.6 Å². The van der Waals surface area contributed by atoms with Gasteiger partial charge in [-0.1, -0.05) is 48.5 Å². The molecule has 10 heterocycles. The number of H-pyrrole nitrogens is 4. The quantitative estimate of drug-likeness (QED) is 0.0503. The zero-order valence-electron chi connectivity index (χ0n) is 55.9. The number of hydrogen-bond donors (Lipinski definition) is 9. The van der Waals surface area contributed by atoms with E-state index in [4.69, 9.17) is 92.5 Å². The van der Waals surface area contributed by atoms with E-state index in [2.05, 4.69) is 15.0 Å². The van der Waals surface area contributed by atoms with Crippen molar-refractivity contribution < 1.29 is 66.1 Å². The van der Waals surface area contributed by atoms with Crippen LogP contribution < -0.4 is 56.4 Å². The number of anilines is 1. The van der Waals surface area contributed by atoms with Gasteiger partial charge < -0.3 is 49.8 Å². The number of aromatic nitrogens is 10. The van der Waals surface area contributed by atoms with Crippen molar-refractivity contribution in [2.75, 3.05) is 55.0 Å². The molecule has 5 aromatic heterocycles. The van der Waals surface area contributed by atoms with E-state index in [1.54, 1.807) is 41.5 Å². The maximum absolute atomic E-state index is 14.5. The second-order valence-electron chi connectivity index (χ2n) is 25.3. The van der Waals surface area contributed by atoms with Gasteiger partial charge in [0, 0.05) is 83.3 Å². The Labute approximate surface area is 591 Å². The molecule has 5 aliphatic heterocycles. The molecule has 0 aliphatic carbocycles. The van der Waals surface area contributed by atoms with Crippen LogP contribution in [0.4, 0.5) is 27.8 Å². The molecular formula is C61H83Cl5F5N11O18. The van der Waals surface area contributed by atoms with Gasteiger partial charge in [-0.15, -0.1) is 58.0 Å². The molecule has 0 spiro atoms. The number of nitrogens with one attached hydrogen (secondary N) is 4. The van der Waals surface area contributed by atoms with Gasteiger partial charge in [0.2, 0.25) is 0 Å². The lowest BCUT2D eigenvalue weighted by Crippen LogP contribution is -2.42. The number of nitrogen functional groups attached to an aromatic ring is 1. The zero-order valence-corrected chi connectivity index (χ0v) is 59.7. The number of ether oxygens (including phenoxy) is 5. The van der Waals surface area contributed by atoms with Crippen molar-refractivity contribution in [3.8, 4) is 0 Å². The number of hydrogen-bond acceptors (Lipinski definition) is 20. The van der Waals surface area contributed by atoms with E-state index in [1.807, 2.05) is 23.8 Å². The van der Waals surface area contributed by atoms with Crippen LogP contribution in [0.5, 0.6) is 0 Å². The Kier molecular flexibility index (Phi) is 28.0. The van der Waals surface area contributed by atoms with Crippen LogP contribution in [0.1, 0.15) is 115 Å². The molecule has 0 bridgehead atoms. The van der Waals surface area contributed by atoms with E-state index in [9.17, 15) is 80.4 Å². The van der Waals surface area contributed by atoms with Crippen LogP contribution in [0.25, 0.3) is 0 Å². The minimum absolute atomic E-state index is 0.0922. The van der Waals surface area contributed by atoms with Gasteiger partial charge in [0.25, 0.3) is 22.2 Å². The lowest BCUT2D eigenvalue weighted by atomic mass is 9.87. The average molecular weight is 1530 g/mol. The number of aliphatic hydroxyl groups excluding tert-OH is 4. The summed E-state index contributed by atoms with van der Waals surface area (Å²) in [6, 6.07) is 1.10. The highest BCUT2D eigenvalue weighted by Gasteiger charge is 2.58. The van der Waals surface area contributed by atoms with E-state index in [0.29, 0.717) is 24.0 Å². The Morgan fingerprint density at radius 2 is 0.740 bits per heavy atom. The second-order valence-corrected chi connectivity index (χ2v) is 26.7. The Morgan fingerprint density at radius 1 is 0.450 bits per heavy atom. The van der Waals surface area contributed by atoms with Crippen molar-refractivity contribution in [1.29, 1.82) is 0 Å². The fourth-order valence-corrected chi connectivity index (χ4v) is 14.2. The fourth-order valence-electron chi connectivity index (χ4n) is 12.0. The first kappa shape index (κ1) is 83.1. The molecule has 560 valence electrons. The summed E-state index contributed by atoms with van der Waals surface area (Å²) < 4.78 is 105. The zero-order chi connectivity index (χ0) is 75.2. The maximum atomic E-state index is 14.5. The van der Waals surface area contributed by atoms with Crippen molar-refractivity contribution >= 4 is 63.8 Å². The summed E-state index contributed by atoms with van der Waals surface area (Å²) in [5, 5.41) is 37.3. The summed E-state index contributed by atoms with van der Waals surface area (Å²) in [5.74, 6) is -2.82. The lowest BCUT2D eigenvalue weighted by molar-refractivity contribution is -0.101. The van der Waals surface area contributed by atoms with Gasteiger partial charge in [-0.05, 0) is 33.6 Å². The highest BCUT2D eigenvalue weighted by molar-refractivity contribution is 6.19. The second kappa shape index (κ2) is 33.7. The third-order valence-corrected chi connectivity index (χ3v) is 22.0. The molecule has 20 atom stereocenters. The summed E-state index contributed by atoms with van der Waals surface area (Å²) in [4.78, 5) is 116. The number of alkyl halides is 10. The maximum Gasteiger partial charge on any atom is 0.351 e. The highest BCUT2D eigenvalue weighted by Crippen LogP contribution is 2.49. The van der Waals surface area contributed by atoms with Crippen molar-refractivity contribution in [3.05, 3.63) is 153 Å². The molecule has 10 rings (SSSR count). The van der Waals surface area contributed by atoms with E-state index in [0.717, 1.165) is 41.3 Å². The minimum Gasteiger partial charge on any atom is -0.393 e. The molecule has 0 amide bonds. The molecule has 29 nitrogen and oxygen atoms in total. The number of aromatic amines is 4. The Morgan fingerprint density at radius 3 is 1.04 bits per heavy atom. The summed E-state index contributed by atoms with van der Waals surface area (Å²) in [7, 11) is 0.